The van der Waals surface area contributed by atoms with Crippen molar-refractivity contribution in [1.82, 2.24) is 15.3 Å². The van der Waals surface area contributed by atoms with Gasteiger partial charge in [0.05, 0.1) is 28.0 Å². The van der Waals surface area contributed by atoms with Crippen molar-refractivity contribution in [2.75, 3.05) is 0 Å². The second-order valence-electron chi connectivity index (χ2n) is 7.71. The Morgan fingerprint density at radius 1 is 1.11 bits per heavy atom. The Balaban J connectivity index is 1.72. The molecule has 27 heavy (non-hydrogen) atoms. The van der Waals surface area contributed by atoms with E-state index in [-0.39, 0.29) is 0 Å². The standard InChI is InChI=1S/C22H31Cl2N3/c1-2-3-4-8-11-20(26-17-9-6-5-7-10-17)22-25-15-21(27-22)16-12-13-18(23)19(24)14-16/h12-15,17,20,26H,2-11H2,1H3,(H,25,27). The Bertz CT molecular complexity index is 707. The molecular formula is C22H31Cl2N3. The molecule has 1 fully saturated rings. The molecule has 1 aliphatic rings. The van der Waals surface area contributed by atoms with E-state index in [1.165, 1.54) is 57.8 Å². The zero-order chi connectivity index (χ0) is 19.1. The molecule has 0 aliphatic heterocycles. The molecule has 0 amide bonds. The number of halogens is 2. The van der Waals surface area contributed by atoms with Crippen molar-refractivity contribution in [3.63, 3.8) is 0 Å². The molecule has 148 valence electrons. The molecule has 0 spiro atoms. The van der Waals surface area contributed by atoms with Crippen LogP contribution in [0.5, 0.6) is 0 Å². The van der Waals surface area contributed by atoms with Crippen molar-refractivity contribution in [2.45, 2.75) is 83.2 Å². The molecule has 2 aromatic rings. The average Bonchev–Trinajstić information content (AvgIpc) is 3.17. The van der Waals surface area contributed by atoms with Gasteiger partial charge < -0.3 is 10.3 Å². The van der Waals surface area contributed by atoms with Gasteiger partial charge in [0, 0.05) is 11.6 Å². The van der Waals surface area contributed by atoms with Crippen molar-refractivity contribution < 1.29 is 0 Å². The summed E-state index contributed by atoms with van der Waals surface area (Å²) < 4.78 is 0. The van der Waals surface area contributed by atoms with E-state index >= 15 is 0 Å². The number of rotatable bonds is 9. The molecule has 3 nitrogen and oxygen atoms in total. The van der Waals surface area contributed by atoms with E-state index in [2.05, 4.69) is 17.2 Å². The molecular weight excluding hydrogens is 377 g/mol. The molecule has 0 bridgehead atoms. The molecule has 1 aromatic heterocycles. The van der Waals surface area contributed by atoms with Crippen molar-refractivity contribution in [1.29, 1.82) is 0 Å². The fourth-order valence-corrected chi connectivity index (χ4v) is 4.25. The molecule has 5 heteroatoms. The van der Waals surface area contributed by atoms with Gasteiger partial charge in [-0.05, 0) is 31.4 Å². The van der Waals surface area contributed by atoms with E-state index < -0.39 is 0 Å². The van der Waals surface area contributed by atoms with Crippen LogP contribution in [0.2, 0.25) is 10.0 Å². The van der Waals surface area contributed by atoms with E-state index in [1.807, 2.05) is 24.4 Å². The summed E-state index contributed by atoms with van der Waals surface area (Å²) in [4.78, 5) is 8.25. The monoisotopic (exact) mass is 407 g/mol. The Labute approximate surface area is 173 Å². The minimum absolute atomic E-state index is 0.293. The van der Waals surface area contributed by atoms with Crippen molar-refractivity contribution in [3.05, 3.63) is 40.3 Å². The van der Waals surface area contributed by atoms with Crippen LogP contribution in [0, 0.1) is 0 Å². The fourth-order valence-electron chi connectivity index (χ4n) is 3.95. The highest BCUT2D eigenvalue weighted by Gasteiger charge is 2.21. The minimum Gasteiger partial charge on any atom is -0.341 e. The zero-order valence-electron chi connectivity index (χ0n) is 16.2. The van der Waals surface area contributed by atoms with Crippen molar-refractivity contribution >= 4 is 23.2 Å². The zero-order valence-corrected chi connectivity index (χ0v) is 17.8. The van der Waals surface area contributed by atoms with Crippen LogP contribution < -0.4 is 5.32 Å². The lowest BCUT2D eigenvalue weighted by Gasteiger charge is -2.27. The number of aromatic amines is 1. The number of H-pyrrole nitrogens is 1. The molecule has 1 atom stereocenters. The molecule has 3 rings (SSSR count). The van der Waals surface area contributed by atoms with Gasteiger partial charge in [0.2, 0.25) is 0 Å². The van der Waals surface area contributed by atoms with E-state index in [0.29, 0.717) is 22.1 Å². The summed E-state index contributed by atoms with van der Waals surface area (Å²) in [6, 6.07) is 6.62. The lowest BCUT2D eigenvalue weighted by atomic mass is 9.94. The van der Waals surface area contributed by atoms with Crippen LogP contribution in [-0.4, -0.2) is 16.0 Å². The van der Waals surface area contributed by atoms with E-state index in [4.69, 9.17) is 28.2 Å². The average molecular weight is 408 g/mol. The highest BCUT2D eigenvalue weighted by atomic mass is 35.5. The Morgan fingerprint density at radius 3 is 2.67 bits per heavy atom. The van der Waals surface area contributed by atoms with E-state index in [1.54, 1.807) is 0 Å². The van der Waals surface area contributed by atoms with E-state index in [9.17, 15) is 0 Å². The molecule has 1 heterocycles. The fraction of sp³-hybridized carbons (Fsp3) is 0.591. The molecule has 0 saturated heterocycles. The van der Waals surface area contributed by atoms with E-state index in [0.717, 1.165) is 23.5 Å². The van der Waals surface area contributed by atoms with Gasteiger partial charge in [0.1, 0.15) is 5.82 Å². The van der Waals surface area contributed by atoms with Gasteiger partial charge in [-0.1, -0.05) is 81.1 Å². The Hall–Kier alpha value is -1.03. The first kappa shape index (κ1) is 20.7. The normalized spacial score (nSPS) is 16.6. The third-order valence-electron chi connectivity index (χ3n) is 5.54. The molecule has 1 unspecified atom stereocenters. The van der Waals surface area contributed by atoms with Crippen LogP contribution in [-0.2, 0) is 0 Å². The van der Waals surface area contributed by atoms with Gasteiger partial charge in [0.15, 0.2) is 0 Å². The number of imidazole rings is 1. The first-order valence-electron chi connectivity index (χ1n) is 10.4. The molecule has 1 saturated carbocycles. The van der Waals surface area contributed by atoms with Crippen LogP contribution in [0.15, 0.2) is 24.4 Å². The lowest BCUT2D eigenvalue weighted by Crippen LogP contribution is -2.35. The molecule has 1 aliphatic carbocycles. The maximum Gasteiger partial charge on any atom is 0.123 e. The lowest BCUT2D eigenvalue weighted by molar-refractivity contribution is 0.320. The SMILES string of the molecule is CCCCCCC(NC1CCCCC1)c1ncc(-c2ccc(Cl)c(Cl)c2)[nH]1. The number of nitrogens with one attached hydrogen (secondary N) is 2. The van der Waals surface area contributed by atoms with Gasteiger partial charge in [-0.3, -0.25) is 0 Å². The predicted octanol–water partition coefficient (Wildman–Crippen LogP) is 7.32. The number of nitrogens with zero attached hydrogens (tertiary/aromatic N) is 1. The summed E-state index contributed by atoms with van der Waals surface area (Å²) in [5.41, 5.74) is 2.01. The summed E-state index contributed by atoms with van der Waals surface area (Å²) in [5, 5.41) is 5.04. The van der Waals surface area contributed by atoms with Crippen LogP contribution in [0.1, 0.15) is 83.0 Å². The predicted molar refractivity (Wildman–Crippen MR) is 116 cm³/mol. The van der Waals surface area contributed by atoms with Gasteiger partial charge in [-0.15, -0.1) is 0 Å². The minimum atomic E-state index is 0.293. The summed E-state index contributed by atoms with van der Waals surface area (Å²) in [6.45, 7) is 2.26. The molecule has 1 aromatic carbocycles. The van der Waals surface area contributed by atoms with Crippen molar-refractivity contribution in [3.8, 4) is 11.3 Å². The van der Waals surface area contributed by atoms with Crippen LogP contribution in [0.4, 0.5) is 0 Å². The highest BCUT2D eigenvalue weighted by molar-refractivity contribution is 6.42. The first-order chi connectivity index (χ1) is 13.2. The molecule has 2 N–H and O–H groups in total. The summed E-state index contributed by atoms with van der Waals surface area (Å²) in [7, 11) is 0. The second-order valence-corrected chi connectivity index (χ2v) is 8.53. The van der Waals surface area contributed by atoms with Crippen LogP contribution >= 0.6 is 23.2 Å². The smallest absolute Gasteiger partial charge is 0.123 e. The third-order valence-corrected chi connectivity index (χ3v) is 6.28. The van der Waals surface area contributed by atoms with Gasteiger partial charge in [-0.2, -0.15) is 0 Å². The van der Waals surface area contributed by atoms with Gasteiger partial charge in [-0.25, -0.2) is 4.98 Å². The first-order valence-corrected chi connectivity index (χ1v) is 11.2. The maximum atomic E-state index is 6.18. The van der Waals surface area contributed by atoms with Crippen LogP contribution in [0.25, 0.3) is 11.3 Å². The quantitative estimate of drug-likeness (QED) is 0.427. The largest absolute Gasteiger partial charge is 0.341 e. The van der Waals surface area contributed by atoms with Gasteiger partial charge >= 0.3 is 0 Å². The Kier molecular flexibility index (Phi) is 8.05. The number of unbranched alkanes of at least 4 members (excludes halogenated alkanes) is 3. The number of hydrogen-bond acceptors (Lipinski definition) is 2. The van der Waals surface area contributed by atoms with Gasteiger partial charge in [0.25, 0.3) is 0 Å². The van der Waals surface area contributed by atoms with Crippen LogP contribution in [0.3, 0.4) is 0 Å². The topological polar surface area (TPSA) is 40.7 Å². The maximum absolute atomic E-state index is 6.18. The van der Waals surface area contributed by atoms with Crippen molar-refractivity contribution in [2.24, 2.45) is 0 Å². The number of benzene rings is 1. The third kappa shape index (κ3) is 5.97. The number of aromatic nitrogens is 2. The summed E-state index contributed by atoms with van der Waals surface area (Å²) in [6.07, 6.45) is 14.8. The summed E-state index contributed by atoms with van der Waals surface area (Å²) in [5.74, 6) is 1.04. The second kappa shape index (κ2) is 10.5. The molecule has 0 radical (unpaired) electrons. The summed E-state index contributed by atoms with van der Waals surface area (Å²) >= 11 is 12.2. The Morgan fingerprint density at radius 2 is 1.93 bits per heavy atom. The highest BCUT2D eigenvalue weighted by Crippen LogP contribution is 2.29. The number of hydrogen-bond donors (Lipinski definition) is 2.